The average Bonchev–Trinajstić information content (AvgIpc) is 2.70. The van der Waals surface area contributed by atoms with Crippen LogP contribution in [-0.2, 0) is 4.79 Å². The van der Waals surface area contributed by atoms with Crippen LogP contribution in [0, 0.1) is 20.8 Å². The molecule has 2 heterocycles. The van der Waals surface area contributed by atoms with Gasteiger partial charge in [-0.05, 0) is 61.7 Å². The molecule has 2 aliphatic rings. The molecule has 0 aromatic heterocycles. The number of likely N-dealkylation sites (tertiary alicyclic amines) is 1. The van der Waals surface area contributed by atoms with Crippen molar-refractivity contribution in [2.45, 2.75) is 45.6 Å². The van der Waals surface area contributed by atoms with Crippen molar-refractivity contribution in [2.24, 2.45) is 0 Å². The van der Waals surface area contributed by atoms with Crippen molar-refractivity contribution >= 4 is 23.3 Å². The fraction of sp³-hybridized carbons (Fsp3) is 0.417. The summed E-state index contributed by atoms with van der Waals surface area (Å²) in [4.78, 5) is 27.1. The highest BCUT2D eigenvalue weighted by Gasteiger charge is 2.43. The lowest BCUT2D eigenvalue weighted by molar-refractivity contribution is -0.136. The quantitative estimate of drug-likeness (QED) is 0.714. The molecule has 2 aromatic rings. The first-order chi connectivity index (χ1) is 14.3. The van der Waals surface area contributed by atoms with Crippen LogP contribution in [0.5, 0.6) is 11.5 Å². The molecule has 0 unspecified atom stereocenters. The summed E-state index contributed by atoms with van der Waals surface area (Å²) in [5.41, 5.74) is 3.32. The van der Waals surface area contributed by atoms with E-state index in [0.29, 0.717) is 48.7 Å². The molecule has 0 atom stereocenters. The van der Waals surface area contributed by atoms with Gasteiger partial charge in [0.25, 0.3) is 5.91 Å². The zero-order chi connectivity index (χ0) is 21.5. The second kappa shape index (κ2) is 7.95. The zero-order valence-electron chi connectivity index (χ0n) is 17.6. The number of hydrogen-bond donors (Lipinski definition) is 0. The number of aryl methyl sites for hydroxylation is 2. The summed E-state index contributed by atoms with van der Waals surface area (Å²) in [7, 11) is 0. The Labute approximate surface area is 181 Å². The molecule has 2 aliphatic heterocycles. The van der Waals surface area contributed by atoms with E-state index in [1.165, 1.54) is 0 Å². The molecule has 4 rings (SSSR count). The Morgan fingerprint density at radius 2 is 1.90 bits per heavy atom. The number of amides is 1. The highest BCUT2D eigenvalue weighted by Crippen LogP contribution is 2.40. The molecule has 1 amide bonds. The Morgan fingerprint density at radius 1 is 1.17 bits per heavy atom. The fourth-order valence-corrected chi connectivity index (χ4v) is 4.46. The van der Waals surface area contributed by atoms with Gasteiger partial charge < -0.3 is 14.4 Å². The van der Waals surface area contributed by atoms with Gasteiger partial charge in [-0.15, -0.1) is 0 Å². The van der Waals surface area contributed by atoms with Crippen LogP contribution in [0.3, 0.4) is 0 Å². The molecule has 0 N–H and O–H groups in total. The maximum Gasteiger partial charge on any atom is 0.260 e. The number of halogens is 1. The van der Waals surface area contributed by atoms with E-state index in [-0.39, 0.29) is 18.3 Å². The first-order valence-corrected chi connectivity index (χ1v) is 10.6. The minimum atomic E-state index is -0.542. The minimum Gasteiger partial charge on any atom is -0.486 e. The summed E-state index contributed by atoms with van der Waals surface area (Å²) in [5, 5.41) is 0.529. The van der Waals surface area contributed by atoms with Crippen LogP contribution in [0.15, 0.2) is 30.3 Å². The monoisotopic (exact) mass is 427 g/mol. The largest absolute Gasteiger partial charge is 0.486 e. The molecular weight excluding hydrogens is 402 g/mol. The van der Waals surface area contributed by atoms with E-state index < -0.39 is 5.60 Å². The smallest absolute Gasteiger partial charge is 0.260 e. The van der Waals surface area contributed by atoms with E-state index in [0.717, 1.165) is 22.4 Å². The highest BCUT2D eigenvalue weighted by molar-refractivity contribution is 6.31. The first-order valence-electron chi connectivity index (χ1n) is 10.3. The van der Waals surface area contributed by atoms with Crippen molar-refractivity contribution in [3.05, 3.63) is 57.6 Å². The van der Waals surface area contributed by atoms with Gasteiger partial charge >= 0.3 is 0 Å². The third-order valence-corrected chi connectivity index (χ3v) is 6.43. The molecular formula is C24H26ClNO4. The lowest BCUT2D eigenvalue weighted by Gasteiger charge is -2.43. The number of fused-ring (bicyclic) bond motifs is 1. The van der Waals surface area contributed by atoms with Crippen molar-refractivity contribution in [3.63, 3.8) is 0 Å². The average molecular weight is 428 g/mol. The number of Topliss-reactive ketones (excluding diaryl/α,β-unsaturated/α-hetero) is 1. The van der Waals surface area contributed by atoms with E-state index >= 15 is 0 Å². The number of benzene rings is 2. The summed E-state index contributed by atoms with van der Waals surface area (Å²) in [6.07, 6.45) is 1.56. The van der Waals surface area contributed by atoms with E-state index in [9.17, 15) is 9.59 Å². The van der Waals surface area contributed by atoms with Crippen LogP contribution < -0.4 is 9.47 Å². The van der Waals surface area contributed by atoms with E-state index in [1.807, 2.05) is 26.8 Å². The summed E-state index contributed by atoms with van der Waals surface area (Å²) >= 11 is 6.01. The first kappa shape index (κ1) is 20.7. The maximum absolute atomic E-state index is 12.7. The van der Waals surface area contributed by atoms with Crippen LogP contribution in [-0.4, -0.2) is 41.9 Å². The predicted octanol–water partition coefficient (Wildman–Crippen LogP) is 4.67. The lowest BCUT2D eigenvalue weighted by atomic mass is 9.82. The number of nitrogens with zero attached hydrogens (tertiary/aromatic N) is 1. The number of rotatable bonds is 3. The van der Waals surface area contributed by atoms with Crippen molar-refractivity contribution < 1.29 is 19.1 Å². The van der Waals surface area contributed by atoms with Crippen LogP contribution in [0.1, 0.15) is 46.3 Å². The van der Waals surface area contributed by atoms with Gasteiger partial charge in [-0.2, -0.15) is 0 Å². The summed E-state index contributed by atoms with van der Waals surface area (Å²) in [5.74, 6) is 1.35. The van der Waals surface area contributed by atoms with Crippen molar-refractivity contribution in [1.82, 2.24) is 4.90 Å². The molecule has 6 heteroatoms. The molecule has 1 saturated heterocycles. The third-order valence-electron chi connectivity index (χ3n) is 6.19. The number of ether oxygens (including phenoxy) is 2. The Hall–Kier alpha value is -2.53. The molecule has 0 bridgehead atoms. The number of carbonyl (C=O) groups is 2. The van der Waals surface area contributed by atoms with Gasteiger partial charge in [0.2, 0.25) is 0 Å². The summed E-state index contributed by atoms with van der Waals surface area (Å²) in [6, 6.07) is 9.22. The van der Waals surface area contributed by atoms with E-state index in [2.05, 4.69) is 6.07 Å². The molecule has 5 nitrogen and oxygen atoms in total. The molecule has 158 valence electrons. The van der Waals surface area contributed by atoms with Gasteiger partial charge in [-0.1, -0.05) is 17.7 Å². The topological polar surface area (TPSA) is 55.8 Å². The summed E-state index contributed by atoms with van der Waals surface area (Å²) in [6.45, 7) is 7.16. The highest BCUT2D eigenvalue weighted by atomic mass is 35.5. The Bertz CT molecular complexity index is 1010. The Morgan fingerprint density at radius 3 is 2.63 bits per heavy atom. The molecule has 0 aliphatic carbocycles. The van der Waals surface area contributed by atoms with Crippen LogP contribution in [0.2, 0.25) is 5.02 Å². The number of piperidine rings is 1. The van der Waals surface area contributed by atoms with Gasteiger partial charge in [-0.3, -0.25) is 9.59 Å². The maximum atomic E-state index is 12.7. The number of carbonyl (C=O) groups excluding carboxylic acids is 2. The van der Waals surface area contributed by atoms with Gasteiger partial charge in [0.1, 0.15) is 17.1 Å². The second-order valence-corrected chi connectivity index (χ2v) is 8.84. The van der Waals surface area contributed by atoms with Crippen molar-refractivity contribution in [1.29, 1.82) is 0 Å². The van der Waals surface area contributed by atoms with Gasteiger partial charge in [0, 0.05) is 31.0 Å². The van der Waals surface area contributed by atoms with E-state index in [1.54, 1.807) is 23.1 Å². The zero-order valence-corrected chi connectivity index (χ0v) is 18.3. The molecule has 0 saturated carbocycles. The van der Waals surface area contributed by atoms with Gasteiger partial charge in [0.05, 0.1) is 12.0 Å². The Kier molecular flexibility index (Phi) is 5.49. The standard InChI is InChI=1S/C24H26ClNO4/c1-15-10-16(2)17(3)22(11-15)29-14-23(28)26-8-6-24(7-9-26)13-20(27)19-12-18(25)4-5-21(19)30-24/h4-5,10-12H,6-9,13-14H2,1-3H3. The number of hydrogen-bond acceptors (Lipinski definition) is 4. The molecule has 2 aromatic carbocycles. The number of ketones is 1. The molecule has 1 fully saturated rings. The fourth-order valence-electron chi connectivity index (χ4n) is 4.29. The Balaban J connectivity index is 1.37. The normalized spacial score (nSPS) is 17.5. The van der Waals surface area contributed by atoms with Crippen molar-refractivity contribution in [3.8, 4) is 11.5 Å². The molecule has 30 heavy (non-hydrogen) atoms. The predicted molar refractivity (Wildman–Crippen MR) is 116 cm³/mol. The van der Waals surface area contributed by atoms with Crippen LogP contribution in [0.25, 0.3) is 0 Å². The summed E-state index contributed by atoms with van der Waals surface area (Å²) < 4.78 is 12.1. The van der Waals surface area contributed by atoms with Gasteiger partial charge in [0.15, 0.2) is 12.4 Å². The van der Waals surface area contributed by atoms with E-state index in [4.69, 9.17) is 21.1 Å². The SMILES string of the molecule is Cc1cc(C)c(C)c(OCC(=O)N2CCC3(CC2)CC(=O)c2cc(Cl)ccc2O3)c1. The minimum absolute atomic E-state index is 0.0118. The second-order valence-electron chi connectivity index (χ2n) is 8.40. The molecule has 1 spiro atoms. The van der Waals surface area contributed by atoms with Gasteiger partial charge in [-0.25, -0.2) is 0 Å². The third kappa shape index (κ3) is 4.04. The lowest BCUT2D eigenvalue weighted by Crippen LogP contribution is -2.53. The molecule has 0 radical (unpaired) electrons. The van der Waals surface area contributed by atoms with Crippen LogP contribution >= 0.6 is 11.6 Å². The van der Waals surface area contributed by atoms with Crippen molar-refractivity contribution in [2.75, 3.05) is 19.7 Å². The van der Waals surface area contributed by atoms with Crippen LogP contribution in [0.4, 0.5) is 0 Å².